The first kappa shape index (κ1) is 11.2. The number of thioether (sulfide) groups is 1. The molecule has 0 spiro atoms. The molecule has 0 saturated carbocycles. The topological polar surface area (TPSA) is 51.8 Å². The first-order valence-electron chi connectivity index (χ1n) is 4.70. The summed E-state index contributed by atoms with van der Waals surface area (Å²) in [7, 11) is 0. The summed E-state index contributed by atoms with van der Waals surface area (Å²) < 4.78 is 0. The Bertz CT molecular complexity index is 490. The van der Waals surface area contributed by atoms with Gasteiger partial charge >= 0.3 is 0 Å². The highest BCUT2D eigenvalue weighted by molar-refractivity contribution is 7.98. The molecule has 0 aliphatic carbocycles. The van der Waals surface area contributed by atoms with Crippen molar-refractivity contribution in [2.24, 2.45) is 0 Å². The van der Waals surface area contributed by atoms with E-state index < -0.39 is 0 Å². The Morgan fingerprint density at radius 1 is 1.25 bits per heavy atom. The third-order valence-corrected chi connectivity index (χ3v) is 3.43. The van der Waals surface area contributed by atoms with Crippen LogP contribution in [0.25, 0.3) is 0 Å². The first-order valence-corrected chi connectivity index (χ1v) is 6.07. The fourth-order valence-electron chi connectivity index (χ4n) is 1.19. The van der Waals surface area contributed by atoms with E-state index in [9.17, 15) is 0 Å². The smallest absolute Gasteiger partial charge is 0.140 e. The number of nitrogens with two attached hydrogens (primary N) is 1. The van der Waals surface area contributed by atoms with Crippen LogP contribution >= 0.6 is 23.4 Å². The van der Waals surface area contributed by atoms with Crippen molar-refractivity contribution in [3.8, 4) is 0 Å². The SMILES string of the molecule is Nc1ccnc(CSc2ccccc2Cl)n1. The molecule has 3 nitrogen and oxygen atoms in total. The highest BCUT2D eigenvalue weighted by Crippen LogP contribution is 2.28. The van der Waals surface area contributed by atoms with Crippen LogP contribution in [0.15, 0.2) is 41.4 Å². The van der Waals surface area contributed by atoms with E-state index in [1.54, 1.807) is 24.0 Å². The summed E-state index contributed by atoms with van der Waals surface area (Å²) in [4.78, 5) is 9.27. The Morgan fingerprint density at radius 2 is 2.06 bits per heavy atom. The highest BCUT2D eigenvalue weighted by atomic mass is 35.5. The van der Waals surface area contributed by atoms with Crippen LogP contribution in [-0.2, 0) is 5.75 Å². The van der Waals surface area contributed by atoms with Crippen molar-refractivity contribution in [3.05, 3.63) is 47.4 Å². The molecule has 0 aliphatic rings. The van der Waals surface area contributed by atoms with Crippen molar-refractivity contribution in [2.45, 2.75) is 10.6 Å². The van der Waals surface area contributed by atoms with Gasteiger partial charge in [-0.2, -0.15) is 0 Å². The molecule has 2 N–H and O–H groups in total. The van der Waals surface area contributed by atoms with Crippen LogP contribution in [0, 0.1) is 0 Å². The van der Waals surface area contributed by atoms with Crippen LogP contribution in [0.1, 0.15) is 5.82 Å². The molecule has 5 heteroatoms. The fourth-order valence-corrected chi connectivity index (χ4v) is 2.29. The maximum atomic E-state index is 6.04. The van der Waals surface area contributed by atoms with Gasteiger partial charge in [-0.05, 0) is 18.2 Å². The summed E-state index contributed by atoms with van der Waals surface area (Å²) in [6.07, 6.45) is 1.66. The maximum Gasteiger partial charge on any atom is 0.140 e. The van der Waals surface area contributed by atoms with Gasteiger partial charge in [-0.15, -0.1) is 11.8 Å². The van der Waals surface area contributed by atoms with Gasteiger partial charge in [0.05, 0.1) is 10.8 Å². The zero-order chi connectivity index (χ0) is 11.4. The Kier molecular flexibility index (Phi) is 3.64. The normalized spacial score (nSPS) is 10.3. The van der Waals surface area contributed by atoms with Crippen molar-refractivity contribution < 1.29 is 0 Å². The number of hydrogen-bond donors (Lipinski definition) is 1. The van der Waals surface area contributed by atoms with Crippen molar-refractivity contribution in [1.29, 1.82) is 0 Å². The molecular formula is C11H10ClN3S. The van der Waals surface area contributed by atoms with E-state index in [2.05, 4.69) is 9.97 Å². The molecule has 0 amide bonds. The van der Waals surface area contributed by atoms with Gasteiger partial charge in [-0.3, -0.25) is 0 Å². The summed E-state index contributed by atoms with van der Waals surface area (Å²) in [6.45, 7) is 0. The second kappa shape index (κ2) is 5.18. The lowest BCUT2D eigenvalue weighted by Crippen LogP contribution is -1.96. The molecule has 2 rings (SSSR count). The van der Waals surface area contributed by atoms with Crippen LogP contribution < -0.4 is 5.73 Å². The average Bonchev–Trinajstić information content (AvgIpc) is 2.28. The lowest BCUT2D eigenvalue weighted by atomic mass is 10.4. The number of nitrogen functional groups attached to an aromatic ring is 1. The quantitative estimate of drug-likeness (QED) is 0.852. The lowest BCUT2D eigenvalue weighted by molar-refractivity contribution is 1.04. The van der Waals surface area contributed by atoms with E-state index in [4.69, 9.17) is 17.3 Å². The van der Waals surface area contributed by atoms with E-state index in [0.717, 1.165) is 9.92 Å². The second-order valence-electron chi connectivity index (χ2n) is 3.12. The Labute approximate surface area is 103 Å². The summed E-state index contributed by atoms with van der Waals surface area (Å²) in [5, 5.41) is 0.747. The molecule has 1 aromatic heterocycles. The van der Waals surface area contributed by atoms with E-state index >= 15 is 0 Å². The van der Waals surface area contributed by atoms with Gasteiger partial charge in [0.25, 0.3) is 0 Å². The number of nitrogens with zero attached hydrogens (tertiary/aromatic N) is 2. The van der Waals surface area contributed by atoms with Gasteiger partial charge in [0.2, 0.25) is 0 Å². The minimum absolute atomic E-state index is 0.491. The van der Waals surface area contributed by atoms with Crippen LogP contribution in [0.2, 0.25) is 5.02 Å². The number of rotatable bonds is 3. The monoisotopic (exact) mass is 251 g/mol. The summed E-state index contributed by atoms with van der Waals surface area (Å²) in [6, 6.07) is 9.37. The van der Waals surface area contributed by atoms with Gasteiger partial charge in [0.15, 0.2) is 0 Å². The van der Waals surface area contributed by atoms with Crippen LogP contribution in [0.4, 0.5) is 5.82 Å². The molecular weight excluding hydrogens is 242 g/mol. The van der Waals surface area contributed by atoms with E-state index in [1.165, 1.54) is 0 Å². The molecule has 1 heterocycles. The molecule has 0 aliphatic heterocycles. The number of halogens is 1. The predicted molar refractivity (Wildman–Crippen MR) is 67.5 cm³/mol. The molecule has 0 unspecified atom stereocenters. The van der Waals surface area contributed by atoms with E-state index in [-0.39, 0.29) is 0 Å². The average molecular weight is 252 g/mol. The van der Waals surface area contributed by atoms with Crippen LogP contribution in [-0.4, -0.2) is 9.97 Å². The molecule has 0 saturated heterocycles. The molecule has 1 aromatic carbocycles. The third-order valence-electron chi connectivity index (χ3n) is 1.92. The number of anilines is 1. The molecule has 0 bridgehead atoms. The first-order chi connectivity index (χ1) is 7.75. The Hall–Kier alpha value is -1.26. The molecule has 0 atom stereocenters. The molecule has 2 aromatic rings. The van der Waals surface area contributed by atoms with Gasteiger partial charge in [-0.25, -0.2) is 9.97 Å². The number of benzene rings is 1. The summed E-state index contributed by atoms with van der Waals surface area (Å²) in [5.74, 6) is 1.86. The van der Waals surface area contributed by atoms with Crippen LogP contribution in [0.5, 0.6) is 0 Å². The van der Waals surface area contributed by atoms with Gasteiger partial charge in [-0.1, -0.05) is 23.7 Å². The fraction of sp³-hybridized carbons (Fsp3) is 0.0909. The third kappa shape index (κ3) is 2.87. The van der Waals surface area contributed by atoms with Gasteiger partial charge < -0.3 is 5.73 Å². The Morgan fingerprint density at radius 3 is 2.81 bits per heavy atom. The number of hydrogen-bond acceptors (Lipinski definition) is 4. The minimum atomic E-state index is 0.491. The van der Waals surface area contributed by atoms with Gasteiger partial charge in [0.1, 0.15) is 11.6 Å². The lowest BCUT2D eigenvalue weighted by Gasteiger charge is -2.03. The molecule has 16 heavy (non-hydrogen) atoms. The minimum Gasteiger partial charge on any atom is -0.384 e. The van der Waals surface area contributed by atoms with Crippen molar-refractivity contribution >= 4 is 29.2 Å². The zero-order valence-electron chi connectivity index (χ0n) is 8.43. The maximum absolute atomic E-state index is 6.04. The van der Waals surface area contributed by atoms with Crippen LogP contribution in [0.3, 0.4) is 0 Å². The molecule has 82 valence electrons. The molecule has 0 radical (unpaired) electrons. The molecule has 0 fully saturated rings. The van der Waals surface area contributed by atoms with E-state index in [1.807, 2.05) is 24.3 Å². The standard InChI is InChI=1S/C11H10ClN3S/c12-8-3-1-2-4-9(8)16-7-11-14-6-5-10(13)15-11/h1-6H,7H2,(H2,13,14,15). The van der Waals surface area contributed by atoms with E-state index in [0.29, 0.717) is 17.4 Å². The predicted octanol–water partition coefficient (Wildman–Crippen LogP) is 3.00. The van der Waals surface area contributed by atoms with Crippen molar-refractivity contribution in [1.82, 2.24) is 9.97 Å². The summed E-state index contributed by atoms with van der Waals surface area (Å²) in [5.41, 5.74) is 5.57. The van der Waals surface area contributed by atoms with Gasteiger partial charge in [0, 0.05) is 11.1 Å². The summed E-state index contributed by atoms with van der Waals surface area (Å²) >= 11 is 7.63. The largest absolute Gasteiger partial charge is 0.384 e. The van der Waals surface area contributed by atoms with Crippen molar-refractivity contribution in [2.75, 3.05) is 5.73 Å². The highest BCUT2D eigenvalue weighted by Gasteiger charge is 2.02. The number of aromatic nitrogens is 2. The Balaban J connectivity index is 2.05. The second-order valence-corrected chi connectivity index (χ2v) is 4.54. The zero-order valence-corrected chi connectivity index (χ0v) is 10.0. The van der Waals surface area contributed by atoms with Crippen molar-refractivity contribution in [3.63, 3.8) is 0 Å².